The Morgan fingerprint density at radius 3 is 2.50 bits per heavy atom. The second-order valence-electron chi connectivity index (χ2n) is 5.34. The normalized spacial score (nSPS) is 10.4. The minimum atomic E-state index is -0.155. The summed E-state index contributed by atoms with van der Waals surface area (Å²) in [7, 11) is 1.59. The SMILES string of the molecule is COc1ccc(C(=O)NCc2c(-c3ccccc3)noc2C)cc1. The van der Waals surface area contributed by atoms with Crippen molar-refractivity contribution in [3.8, 4) is 17.0 Å². The average Bonchev–Trinajstić information content (AvgIpc) is 3.01. The van der Waals surface area contributed by atoms with Crippen LogP contribution in [-0.4, -0.2) is 18.2 Å². The number of hydrogen-bond donors (Lipinski definition) is 1. The van der Waals surface area contributed by atoms with Crippen LogP contribution in [0.15, 0.2) is 59.1 Å². The Kier molecular flexibility index (Phi) is 4.61. The minimum absolute atomic E-state index is 0.155. The van der Waals surface area contributed by atoms with Gasteiger partial charge in [0, 0.05) is 23.2 Å². The molecule has 0 unspecified atom stereocenters. The Bertz CT molecular complexity index is 824. The van der Waals surface area contributed by atoms with E-state index in [1.807, 2.05) is 37.3 Å². The summed E-state index contributed by atoms with van der Waals surface area (Å²) in [6, 6.07) is 16.7. The number of nitrogens with one attached hydrogen (secondary N) is 1. The summed E-state index contributed by atoms with van der Waals surface area (Å²) in [4.78, 5) is 12.3. The number of aryl methyl sites for hydroxylation is 1. The fourth-order valence-electron chi connectivity index (χ4n) is 2.44. The third-order valence-electron chi connectivity index (χ3n) is 3.81. The van der Waals surface area contributed by atoms with Crippen molar-refractivity contribution in [2.75, 3.05) is 7.11 Å². The Labute approximate surface area is 140 Å². The zero-order valence-electron chi connectivity index (χ0n) is 13.6. The van der Waals surface area contributed by atoms with E-state index in [0.29, 0.717) is 23.6 Å². The molecule has 0 saturated heterocycles. The average molecular weight is 322 g/mol. The fraction of sp³-hybridized carbons (Fsp3) is 0.158. The predicted octanol–water partition coefficient (Wildman–Crippen LogP) is 3.59. The second-order valence-corrected chi connectivity index (χ2v) is 5.34. The quantitative estimate of drug-likeness (QED) is 0.779. The van der Waals surface area contributed by atoms with Crippen LogP contribution in [0.5, 0.6) is 5.75 Å². The lowest BCUT2D eigenvalue weighted by Crippen LogP contribution is -2.23. The van der Waals surface area contributed by atoms with Gasteiger partial charge in [0.05, 0.1) is 7.11 Å². The Hall–Kier alpha value is -3.08. The Morgan fingerprint density at radius 2 is 1.83 bits per heavy atom. The molecule has 3 aromatic rings. The van der Waals surface area contributed by atoms with Crippen LogP contribution < -0.4 is 10.1 Å². The lowest BCUT2D eigenvalue weighted by molar-refractivity contribution is 0.0951. The molecule has 0 aliphatic carbocycles. The van der Waals surface area contributed by atoms with Crippen molar-refractivity contribution < 1.29 is 14.1 Å². The first-order valence-electron chi connectivity index (χ1n) is 7.62. The molecule has 0 aliphatic rings. The highest BCUT2D eigenvalue weighted by Gasteiger charge is 2.15. The van der Waals surface area contributed by atoms with Gasteiger partial charge in [-0.2, -0.15) is 0 Å². The maximum atomic E-state index is 12.3. The van der Waals surface area contributed by atoms with Gasteiger partial charge in [0.25, 0.3) is 5.91 Å². The number of benzene rings is 2. The van der Waals surface area contributed by atoms with E-state index in [-0.39, 0.29) is 5.91 Å². The lowest BCUT2D eigenvalue weighted by Gasteiger charge is -2.07. The van der Waals surface area contributed by atoms with Crippen LogP contribution in [0.3, 0.4) is 0 Å². The van der Waals surface area contributed by atoms with Crippen molar-refractivity contribution in [2.45, 2.75) is 13.5 Å². The highest BCUT2D eigenvalue weighted by atomic mass is 16.5. The standard InChI is InChI=1S/C19H18N2O3/c1-13-17(18(21-24-13)14-6-4-3-5-7-14)12-20-19(22)15-8-10-16(23-2)11-9-15/h3-11H,12H2,1-2H3,(H,20,22). The van der Waals surface area contributed by atoms with Crippen LogP contribution >= 0.6 is 0 Å². The fourth-order valence-corrected chi connectivity index (χ4v) is 2.44. The first kappa shape index (κ1) is 15.8. The van der Waals surface area contributed by atoms with Crippen LogP contribution in [0.1, 0.15) is 21.7 Å². The van der Waals surface area contributed by atoms with Crippen molar-refractivity contribution in [2.24, 2.45) is 0 Å². The van der Waals surface area contributed by atoms with Gasteiger partial charge in [0.2, 0.25) is 0 Å². The lowest BCUT2D eigenvalue weighted by atomic mass is 10.1. The number of nitrogens with zero attached hydrogens (tertiary/aromatic N) is 1. The smallest absolute Gasteiger partial charge is 0.251 e. The van der Waals surface area contributed by atoms with E-state index in [9.17, 15) is 4.79 Å². The molecule has 2 aromatic carbocycles. The summed E-state index contributed by atoms with van der Waals surface area (Å²) in [5.74, 6) is 1.26. The van der Waals surface area contributed by atoms with Crippen molar-refractivity contribution in [1.29, 1.82) is 0 Å². The van der Waals surface area contributed by atoms with Gasteiger partial charge in [-0.3, -0.25) is 4.79 Å². The monoisotopic (exact) mass is 322 g/mol. The highest BCUT2D eigenvalue weighted by molar-refractivity contribution is 5.94. The zero-order chi connectivity index (χ0) is 16.9. The molecule has 122 valence electrons. The van der Waals surface area contributed by atoms with Gasteiger partial charge in [-0.15, -0.1) is 0 Å². The number of aromatic nitrogens is 1. The summed E-state index contributed by atoms with van der Waals surface area (Å²) in [5.41, 5.74) is 3.17. The molecule has 1 N–H and O–H groups in total. The van der Waals surface area contributed by atoms with Gasteiger partial charge in [-0.05, 0) is 31.2 Å². The van der Waals surface area contributed by atoms with E-state index in [4.69, 9.17) is 9.26 Å². The summed E-state index contributed by atoms with van der Waals surface area (Å²) in [5, 5.41) is 7.03. The molecule has 1 heterocycles. The van der Waals surface area contributed by atoms with Gasteiger partial charge in [0.1, 0.15) is 17.2 Å². The van der Waals surface area contributed by atoms with Gasteiger partial charge in [-0.1, -0.05) is 35.5 Å². The predicted molar refractivity (Wildman–Crippen MR) is 90.8 cm³/mol. The topological polar surface area (TPSA) is 64.4 Å². The summed E-state index contributed by atoms with van der Waals surface area (Å²) in [6.45, 7) is 2.19. The number of rotatable bonds is 5. The number of ether oxygens (including phenoxy) is 1. The van der Waals surface area contributed by atoms with Crippen LogP contribution in [0.4, 0.5) is 0 Å². The maximum Gasteiger partial charge on any atom is 0.251 e. The van der Waals surface area contributed by atoms with E-state index in [1.54, 1.807) is 31.4 Å². The summed E-state index contributed by atoms with van der Waals surface area (Å²) < 4.78 is 10.4. The van der Waals surface area contributed by atoms with Gasteiger partial charge < -0.3 is 14.6 Å². The second kappa shape index (κ2) is 7.00. The van der Waals surface area contributed by atoms with E-state index in [1.165, 1.54) is 0 Å². The molecule has 5 heteroatoms. The molecule has 3 rings (SSSR count). The largest absolute Gasteiger partial charge is 0.497 e. The number of carbonyl (C=O) groups excluding carboxylic acids is 1. The zero-order valence-corrected chi connectivity index (χ0v) is 13.6. The maximum absolute atomic E-state index is 12.3. The molecule has 1 aromatic heterocycles. The third kappa shape index (κ3) is 3.30. The van der Waals surface area contributed by atoms with Crippen LogP contribution in [0, 0.1) is 6.92 Å². The number of hydrogen-bond acceptors (Lipinski definition) is 4. The van der Waals surface area contributed by atoms with Crippen molar-refractivity contribution in [1.82, 2.24) is 10.5 Å². The van der Waals surface area contributed by atoms with Crippen molar-refractivity contribution in [3.63, 3.8) is 0 Å². The van der Waals surface area contributed by atoms with E-state index in [0.717, 1.165) is 16.8 Å². The molecule has 1 amide bonds. The van der Waals surface area contributed by atoms with Crippen LogP contribution in [-0.2, 0) is 6.54 Å². The first-order valence-corrected chi connectivity index (χ1v) is 7.62. The molecule has 0 radical (unpaired) electrons. The van der Waals surface area contributed by atoms with Crippen LogP contribution in [0.25, 0.3) is 11.3 Å². The highest BCUT2D eigenvalue weighted by Crippen LogP contribution is 2.24. The molecule has 0 fully saturated rings. The van der Waals surface area contributed by atoms with Crippen LogP contribution in [0.2, 0.25) is 0 Å². The molecule has 0 aliphatic heterocycles. The van der Waals surface area contributed by atoms with Crippen molar-refractivity contribution in [3.05, 3.63) is 71.5 Å². The van der Waals surface area contributed by atoms with Gasteiger partial charge in [0.15, 0.2) is 0 Å². The molecule has 0 saturated carbocycles. The number of methoxy groups -OCH3 is 1. The van der Waals surface area contributed by atoms with Gasteiger partial charge in [-0.25, -0.2) is 0 Å². The minimum Gasteiger partial charge on any atom is -0.497 e. The first-order chi connectivity index (χ1) is 11.7. The summed E-state index contributed by atoms with van der Waals surface area (Å²) in [6.07, 6.45) is 0. The molecular formula is C19H18N2O3. The molecule has 5 nitrogen and oxygen atoms in total. The van der Waals surface area contributed by atoms with E-state index in [2.05, 4.69) is 10.5 Å². The molecule has 24 heavy (non-hydrogen) atoms. The van der Waals surface area contributed by atoms with Gasteiger partial charge >= 0.3 is 0 Å². The number of carbonyl (C=O) groups is 1. The third-order valence-corrected chi connectivity index (χ3v) is 3.81. The Morgan fingerprint density at radius 1 is 1.12 bits per heavy atom. The molecule has 0 atom stereocenters. The van der Waals surface area contributed by atoms with E-state index >= 15 is 0 Å². The Balaban J connectivity index is 1.75. The molecule has 0 bridgehead atoms. The summed E-state index contributed by atoms with van der Waals surface area (Å²) >= 11 is 0. The number of amides is 1. The van der Waals surface area contributed by atoms with Crippen molar-refractivity contribution >= 4 is 5.91 Å². The molecular weight excluding hydrogens is 304 g/mol. The molecule has 0 spiro atoms. The van der Waals surface area contributed by atoms with E-state index < -0.39 is 0 Å².